The summed E-state index contributed by atoms with van der Waals surface area (Å²) in [5, 5.41) is 6.12. The second-order valence-corrected chi connectivity index (χ2v) is 4.80. The van der Waals surface area contributed by atoms with Crippen molar-refractivity contribution < 1.29 is 13.7 Å². The summed E-state index contributed by atoms with van der Waals surface area (Å²) in [6.07, 6.45) is 2.95. The number of aromatic nitrogens is 4. The fraction of sp³-hybridized carbons (Fsp3) is 0.133. The lowest BCUT2D eigenvalue weighted by molar-refractivity contribution is -0.121. The van der Waals surface area contributed by atoms with E-state index in [0.29, 0.717) is 5.56 Å². The first-order chi connectivity index (χ1) is 11.6. The van der Waals surface area contributed by atoms with Crippen molar-refractivity contribution in [2.45, 2.75) is 13.1 Å². The van der Waals surface area contributed by atoms with Crippen LogP contribution in [0.15, 0.2) is 52.0 Å². The van der Waals surface area contributed by atoms with Gasteiger partial charge < -0.3 is 5.32 Å². The van der Waals surface area contributed by atoms with Crippen molar-refractivity contribution in [3.8, 4) is 11.6 Å². The normalized spacial score (nSPS) is 10.5. The van der Waals surface area contributed by atoms with Crippen LogP contribution in [0.1, 0.15) is 5.56 Å². The molecule has 122 valence electrons. The quantitative estimate of drug-likeness (QED) is 0.741. The van der Waals surface area contributed by atoms with Crippen molar-refractivity contribution in [2.24, 2.45) is 0 Å². The van der Waals surface area contributed by atoms with Gasteiger partial charge in [0.25, 0.3) is 0 Å². The predicted molar refractivity (Wildman–Crippen MR) is 80.0 cm³/mol. The van der Waals surface area contributed by atoms with Gasteiger partial charge in [0.05, 0.1) is 0 Å². The third-order valence-electron chi connectivity index (χ3n) is 3.19. The van der Waals surface area contributed by atoms with Crippen molar-refractivity contribution in [3.05, 3.63) is 64.7 Å². The molecule has 0 spiro atoms. The summed E-state index contributed by atoms with van der Waals surface area (Å²) >= 11 is 0. The number of hydrogen-bond acceptors (Lipinski definition) is 6. The van der Waals surface area contributed by atoms with Gasteiger partial charge in [-0.05, 0) is 12.1 Å². The van der Waals surface area contributed by atoms with Crippen LogP contribution < -0.4 is 11.1 Å². The fourth-order valence-corrected chi connectivity index (χ4v) is 2.02. The lowest BCUT2D eigenvalue weighted by Crippen LogP contribution is -2.31. The summed E-state index contributed by atoms with van der Waals surface area (Å²) in [5.41, 5.74) is 0.343. The Bertz CT molecular complexity index is 907. The molecule has 0 saturated carbocycles. The Morgan fingerprint density at radius 3 is 2.71 bits per heavy atom. The third kappa shape index (κ3) is 3.35. The maximum atomic E-state index is 13.5. The highest BCUT2D eigenvalue weighted by Gasteiger charge is 2.17. The molecule has 3 rings (SSSR count). The zero-order chi connectivity index (χ0) is 16.9. The molecule has 9 heteroatoms. The zero-order valence-electron chi connectivity index (χ0n) is 12.3. The van der Waals surface area contributed by atoms with Crippen LogP contribution in [0.25, 0.3) is 11.6 Å². The Balaban J connectivity index is 1.72. The van der Waals surface area contributed by atoms with Crippen molar-refractivity contribution in [1.29, 1.82) is 0 Å². The molecule has 1 N–H and O–H groups in total. The van der Waals surface area contributed by atoms with Gasteiger partial charge in [-0.1, -0.05) is 23.4 Å². The van der Waals surface area contributed by atoms with Crippen molar-refractivity contribution in [3.63, 3.8) is 0 Å². The molecule has 1 amide bonds. The van der Waals surface area contributed by atoms with Gasteiger partial charge in [-0.2, -0.15) is 0 Å². The van der Waals surface area contributed by atoms with E-state index in [1.807, 2.05) is 0 Å². The number of nitrogens with one attached hydrogen (secondary N) is 1. The summed E-state index contributed by atoms with van der Waals surface area (Å²) in [6.45, 7) is -0.340. The molecule has 2 heterocycles. The second-order valence-electron chi connectivity index (χ2n) is 4.80. The van der Waals surface area contributed by atoms with Crippen LogP contribution in [0.4, 0.5) is 4.39 Å². The van der Waals surface area contributed by atoms with Gasteiger partial charge in [-0.25, -0.2) is 23.7 Å². The number of halogens is 1. The van der Waals surface area contributed by atoms with Crippen LogP contribution in [-0.2, 0) is 17.9 Å². The minimum absolute atomic E-state index is 0.00269. The second kappa shape index (κ2) is 6.82. The van der Waals surface area contributed by atoms with Crippen LogP contribution in [0.5, 0.6) is 0 Å². The highest BCUT2D eigenvalue weighted by molar-refractivity contribution is 5.76. The monoisotopic (exact) mass is 329 g/mol. The van der Waals surface area contributed by atoms with Crippen molar-refractivity contribution >= 4 is 5.91 Å². The molecule has 3 aromatic rings. The molecule has 0 aliphatic carbocycles. The number of carbonyl (C=O) groups excluding carboxylic acids is 1. The van der Waals surface area contributed by atoms with Crippen LogP contribution >= 0.6 is 0 Å². The van der Waals surface area contributed by atoms with E-state index < -0.39 is 17.5 Å². The molecule has 0 unspecified atom stereocenters. The van der Waals surface area contributed by atoms with E-state index in [-0.39, 0.29) is 24.7 Å². The largest absolute Gasteiger partial charge is 0.442 e. The van der Waals surface area contributed by atoms with Gasteiger partial charge in [0.1, 0.15) is 12.4 Å². The molecule has 0 aliphatic heterocycles. The van der Waals surface area contributed by atoms with E-state index >= 15 is 0 Å². The van der Waals surface area contributed by atoms with Gasteiger partial charge in [0.2, 0.25) is 11.7 Å². The Morgan fingerprint density at radius 1 is 1.21 bits per heavy atom. The van der Waals surface area contributed by atoms with Crippen molar-refractivity contribution in [1.82, 2.24) is 25.0 Å². The van der Waals surface area contributed by atoms with Gasteiger partial charge in [0.15, 0.2) is 5.82 Å². The topological polar surface area (TPSA) is 103 Å². The van der Waals surface area contributed by atoms with Gasteiger partial charge in [-0.3, -0.25) is 9.32 Å². The molecule has 8 nitrogen and oxygen atoms in total. The van der Waals surface area contributed by atoms with E-state index in [9.17, 15) is 14.0 Å². The first-order valence-corrected chi connectivity index (χ1v) is 6.99. The number of amides is 1. The SMILES string of the molecule is O=C(Cn1c(-c2ncccn2)noc1=O)NCc1ccccc1F. The molecule has 24 heavy (non-hydrogen) atoms. The lowest BCUT2D eigenvalue weighted by Gasteiger charge is -2.07. The summed E-state index contributed by atoms with van der Waals surface area (Å²) in [7, 11) is 0. The summed E-state index contributed by atoms with van der Waals surface area (Å²) in [6, 6.07) is 7.69. The predicted octanol–water partition coefficient (Wildman–Crippen LogP) is 0.749. The Hall–Kier alpha value is -3.36. The molecule has 0 bridgehead atoms. The van der Waals surface area contributed by atoms with E-state index in [1.165, 1.54) is 18.5 Å². The van der Waals surface area contributed by atoms with E-state index in [2.05, 4.69) is 25.0 Å². The average Bonchev–Trinajstić information content (AvgIpc) is 2.96. The molecule has 2 aromatic heterocycles. The Morgan fingerprint density at radius 2 is 1.96 bits per heavy atom. The van der Waals surface area contributed by atoms with E-state index in [0.717, 1.165) is 4.57 Å². The maximum Gasteiger partial charge on any atom is 0.442 e. The Kier molecular flexibility index (Phi) is 4.41. The smallest absolute Gasteiger partial charge is 0.350 e. The third-order valence-corrected chi connectivity index (χ3v) is 3.19. The number of carbonyl (C=O) groups is 1. The van der Waals surface area contributed by atoms with Crippen LogP contribution in [-0.4, -0.2) is 25.6 Å². The summed E-state index contributed by atoms with van der Waals surface area (Å²) < 4.78 is 19.1. The van der Waals surface area contributed by atoms with Gasteiger partial charge >= 0.3 is 5.76 Å². The van der Waals surface area contributed by atoms with Crippen LogP contribution in [0, 0.1) is 5.82 Å². The molecule has 1 aromatic carbocycles. The molecule has 0 saturated heterocycles. The first kappa shape index (κ1) is 15.5. The highest BCUT2D eigenvalue weighted by atomic mass is 19.1. The zero-order valence-corrected chi connectivity index (χ0v) is 12.3. The summed E-state index contributed by atoms with van der Waals surface area (Å²) in [5.74, 6) is -1.52. The lowest BCUT2D eigenvalue weighted by atomic mass is 10.2. The first-order valence-electron chi connectivity index (χ1n) is 6.99. The number of nitrogens with zero attached hydrogens (tertiary/aromatic N) is 4. The summed E-state index contributed by atoms with van der Waals surface area (Å²) in [4.78, 5) is 31.7. The van der Waals surface area contributed by atoms with E-state index in [4.69, 9.17) is 0 Å². The van der Waals surface area contributed by atoms with Gasteiger partial charge in [0, 0.05) is 24.5 Å². The fourth-order valence-electron chi connectivity index (χ4n) is 2.02. The molecular weight excluding hydrogens is 317 g/mol. The standard InChI is InChI=1S/C15H12FN5O3/c16-11-5-2-1-4-10(11)8-19-12(22)9-21-14(20-24-15(21)23)13-17-6-3-7-18-13/h1-7H,8-9H2,(H,19,22). The molecule has 0 atom stereocenters. The minimum atomic E-state index is -0.807. The molecule has 0 aliphatic rings. The maximum absolute atomic E-state index is 13.5. The average molecular weight is 329 g/mol. The minimum Gasteiger partial charge on any atom is -0.350 e. The number of rotatable bonds is 5. The van der Waals surface area contributed by atoms with Crippen LogP contribution in [0.3, 0.4) is 0 Å². The van der Waals surface area contributed by atoms with E-state index in [1.54, 1.807) is 24.3 Å². The van der Waals surface area contributed by atoms with Gasteiger partial charge in [-0.15, -0.1) is 0 Å². The highest BCUT2D eigenvalue weighted by Crippen LogP contribution is 2.09. The number of benzene rings is 1. The van der Waals surface area contributed by atoms with Crippen molar-refractivity contribution in [2.75, 3.05) is 0 Å². The molecular formula is C15H12FN5O3. The molecule has 0 fully saturated rings. The Labute approximate surface area is 135 Å². The molecule has 0 radical (unpaired) electrons. The number of hydrogen-bond donors (Lipinski definition) is 1. The van der Waals surface area contributed by atoms with Crippen LogP contribution in [0.2, 0.25) is 0 Å².